The Balaban J connectivity index is 1.73. The fraction of sp³-hybridized carbons (Fsp3) is 0.526. The molecule has 2 aliphatic rings. The number of piperazine rings is 2. The summed E-state index contributed by atoms with van der Waals surface area (Å²) in [4.78, 5) is 40.8. The SMILES string of the molecule is Cc1ccc(C(=O)N2CCN3C(=O)[C@H](CC(C)C)NC(=O)[C@H]3C2)cc1F. The van der Waals surface area contributed by atoms with E-state index in [0.717, 1.165) is 0 Å². The Morgan fingerprint density at radius 3 is 2.69 bits per heavy atom. The van der Waals surface area contributed by atoms with Gasteiger partial charge in [0.25, 0.3) is 5.91 Å². The molecule has 1 N–H and O–H groups in total. The Labute approximate surface area is 152 Å². The first-order valence-electron chi connectivity index (χ1n) is 8.94. The van der Waals surface area contributed by atoms with Crippen molar-refractivity contribution >= 4 is 17.7 Å². The monoisotopic (exact) mass is 361 g/mol. The van der Waals surface area contributed by atoms with Crippen LogP contribution in [0.3, 0.4) is 0 Å². The summed E-state index contributed by atoms with van der Waals surface area (Å²) in [5.41, 5.74) is 0.724. The van der Waals surface area contributed by atoms with Crippen LogP contribution in [0.25, 0.3) is 0 Å². The van der Waals surface area contributed by atoms with Crippen molar-refractivity contribution in [2.75, 3.05) is 19.6 Å². The molecule has 2 aliphatic heterocycles. The summed E-state index contributed by atoms with van der Waals surface area (Å²) >= 11 is 0. The summed E-state index contributed by atoms with van der Waals surface area (Å²) in [5, 5.41) is 2.78. The second-order valence-corrected chi connectivity index (χ2v) is 7.45. The van der Waals surface area contributed by atoms with Crippen molar-refractivity contribution in [3.63, 3.8) is 0 Å². The third-order valence-corrected chi connectivity index (χ3v) is 4.99. The third kappa shape index (κ3) is 3.43. The fourth-order valence-corrected chi connectivity index (χ4v) is 3.53. The molecule has 6 nitrogen and oxygen atoms in total. The predicted octanol–water partition coefficient (Wildman–Crippen LogP) is 1.33. The molecule has 2 saturated heterocycles. The van der Waals surface area contributed by atoms with E-state index in [1.54, 1.807) is 24.0 Å². The van der Waals surface area contributed by atoms with Crippen LogP contribution >= 0.6 is 0 Å². The van der Waals surface area contributed by atoms with E-state index < -0.39 is 17.9 Å². The van der Waals surface area contributed by atoms with E-state index in [0.29, 0.717) is 31.0 Å². The molecule has 3 rings (SSSR count). The highest BCUT2D eigenvalue weighted by molar-refractivity contribution is 5.99. The Hall–Kier alpha value is -2.44. The minimum Gasteiger partial charge on any atom is -0.342 e. The van der Waals surface area contributed by atoms with Gasteiger partial charge in [-0.2, -0.15) is 0 Å². The number of amides is 3. The molecule has 0 unspecified atom stereocenters. The highest BCUT2D eigenvalue weighted by Gasteiger charge is 2.44. The maximum atomic E-state index is 13.7. The van der Waals surface area contributed by atoms with E-state index in [-0.39, 0.29) is 29.8 Å². The molecule has 2 fully saturated rings. The van der Waals surface area contributed by atoms with Crippen LogP contribution in [0.5, 0.6) is 0 Å². The molecule has 0 aromatic heterocycles. The number of nitrogens with zero attached hydrogens (tertiary/aromatic N) is 2. The van der Waals surface area contributed by atoms with Gasteiger partial charge < -0.3 is 15.1 Å². The maximum Gasteiger partial charge on any atom is 0.254 e. The zero-order valence-corrected chi connectivity index (χ0v) is 15.3. The number of aryl methyl sites for hydroxylation is 1. The molecule has 0 saturated carbocycles. The smallest absolute Gasteiger partial charge is 0.254 e. The molecule has 0 spiro atoms. The summed E-state index contributed by atoms with van der Waals surface area (Å²) in [6.07, 6.45) is 0.596. The van der Waals surface area contributed by atoms with Gasteiger partial charge in [0.05, 0.1) is 6.54 Å². The topological polar surface area (TPSA) is 69.7 Å². The Morgan fingerprint density at radius 1 is 1.31 bits per heavy atom. The summed E-state index contributed by atoms with van der Waals surface area (Å²) in [7, 11) is 0. The first-order chi connectivity index (χ1) is 12.3. The second kappa shape index (κ2) is 7.05. The van der Waals surface area contributed by atoms with E-state index in [1.165, 1.54) is 11.0 Å². The highest BCUT2D eigenvalue weighted by Crippen LogP contribution is 2.21. The normalized spacial score (nSPS) is 23.1. The molecule has 2 atom stereocenters. The molecule has 140 valence electrons. The van der Waals surface area contributed by atoms with Crippen LogP contribution in [-0.2, 0) is 9.59 Å². The minimum atomic E-state index is -0.682. The van der Waals surface area contributed by atoms with Crippen LogP contribution < -0.4 is 5.32 Å². The Bertz CT molecular complexity index is 750. The molecule has 0 aliphatic carbocycles. The minimum absolute atomic E-state index is 0.0863. The molecular formula is C19H24FN3O3. The number of hydrogen-bond acceptors (Lipinski definition) is 3. The zero-order valence-electron chi connectivity index (χ0n) is 15.3. The number of carbonyl (C=O) groups is 3. The van der Waals surface area contributed by atoms with Crippen molar-refractivity contribution in [1.29, 1.82) is 0 Å². The van der Waals surface area contributed by atoms with E-state index in [4.69, 9.17) is 0 Å². The molecular weight excluding hydrogens is 337 g/mol. The lowest BCUT2D eigenvalue weighted by Crippen LogP contribution is -2.69. The standard InChI is InChI=1S/C19H24FN3O3/c1-11(2)8-15-19(26)23-7-6-22(10-16(23)17(24)21-15)18(25)13-5-4-12(3)14(20)9-13/h4-5,9,11,15-16H,6-8,10H2,1-3H3,(H,21,24)/t15-,16+/m0/s1. The van der Waals surface area contributed by atoms with Crippen molar-refractivity contribution < 1.29 is 18.8 Å². The lowest BCUT2D eigenvalue weighted by atomic mass is 9.97. The van der Waals surface area contributed by atoms with Crippen LogP contribution in [0.2, 0.25) is 0 Å². The maximum absolute atomic E-state index is 13.7. The van der Waals surface area contributed by atoms with Crippen molar-refractivity contribution in [1.82, 2.24) is 15.1 Å². The molecule has 0 radical (unpaired) electrons. The Morgan fingerprint density at radius 2 is 2.04 bits per heavy atom. The number of hydrogen-bond donors (Lipinski definition) is 1. The van der Waals surface area contributed by atoms with Crippen LogP contribution in [0.4, 0.5) is 4.39 Å². The van der Waals surface area contributed by atoms with Gasteiger partial charge in [0.2, 0.25) is 11.8 Å². The van der Waals surface area contributed by atoms with Gasteiger partial charge in [0.15, 0.2) is 0 Å². The molecule has 1 aromatic rings. The number of rotatable bonds is 3. The average molecular weight is 361 g/mol. The predicted molar refractivity (Wildman–Crippen MR) is 93.9 cm³/mol. The Kier molecular flexibility index (Phi) is 4.98. The largest absolute Gasteiger partial charge is 0.342 e. The quantitative estimate of drug-likeness (QED) is 0.883. The van der Waals surface area contributed by atoms with E-state index >= 15 is 0 Å². The molecule has 3 amide bonds. The van der Waals surface area contributed by atoms with E-state index in [9.17, 15) is 18.8 Å². The first-order valence-corrected chi connectivity index (χ1v) is 8.94. The van der Waals surface area contributed by atoms with Gasteiger partial charge in [0, 0.05) is 18.7 Å². The first kappa shape index (κ1) is 18.4. The van der Waals surface area contributed by atoms with E-state index in [1.807, 2.05) is 13.8 Å². The molecule has 2 heterocycles. The van der Waals surface area contributed by atoms with Gasteiger partial charge in [-0.25, -0.2) is 4.39 Å². The zero-order chi connectivity index (χ0) is 19.0. The van der Waals surface area contributed by atoms with Gasteiger partial charge in [-0.15, -0.1) is 0 Å². The van der Waals surface area contributed by atoms with Gasteiger partial charge >= 0.3 is 0 Å². The van der Waals surface area contributed by atoms with Crippen LogP contribution in [0, 0.1) is 18.7 Å². The number of benzene rings is 1. The van der Waals surface area contributed by atoms with Crippen molar-refractivity contribution in [3.05, 3.63) is 35.1 Å². The lowest BCUT2D eigenvalue weighted by molar-refractivity contribution is -0.152. The van der Waals surface area contributed by atoms with Gasteiger partial charge in [-0.05, 0) is 37.0 Å². The number of nitrogens with one attached hydrogen (secondary N) is 1. The van der Waals surface area contributed by atoms with Crippen molar-refractivity contribution in [3.8, 4) is 0 Å². The molecule has 7 heteroatoms. The van der Waals surface area contributed by atoms with E-state index in [2.05, 4.69) is 5.32 Å². The number of halogens is 1. The summed E-state index contributed by atoms with van der Waals surface area (Å²) in [6.45, 7) is 6.41. The second-order valence-electron chi connectivity index (χ2n) is 7.45. The summed E-state index contributed by atoms with van der Waals surface area (Å²) in [5.74, 6) is -0.788. The van der Waals surface area contributed by atoms with Crippen LogP contribution in [0.15, 0.2) is 18.2 Å². The number of carbonyl (C=O) groups excluding carboxylic acids is 3. The van der Waals surface area contributed by atoms with Crippen LogP contribution in [-0.4, -0.2) is 59.2 Å². The fourth-order valence-electron chi connectivity index (χ4n) is 3.53. The van der Waals surface area contributed by atoms with Gasteiger partial charge in [-0.1, -0.05) is 19.9 Å². The number of fused-ring (bicyclic) bond motifs is 1. The lowest BCUT2D eigenvalue weighted by Gasteiger charge is -2.45. The summed E-state index contributed by atoms with van der Waals surface area (Å²) in [6, 6.07) is 3.19. The van der Waals surface area contributed by atoms with Gasteiger partial charge in [0.1, 0.15) is 17.9 Å². The molecule has 26 heavy (non-hydrogen) atoms. The van der Waals surface area contributed by atoms with Gasteiger partial charge in [-0.3, -0.25) is 14.4 Å². The van der Waals surface area contributed by atoms with Crippen molar-refractivity contribution in [2.45, 2.75) is 39.3 Å². The van der Waals surface area contributed by atoms with Crippen LogP contribution in [0.1, 0.15) is 36.2 Å². The molecule has 1 aromatic carbocycles. The third-order valence-electron chi connectivity index (χ3n) is 4.99. The average Bonchev–Trinajstić information content (AvgIpc) is 2.60. The summed E-state index contributed by atoms with van der Waals surface area (Å²) < 4.78 is 13.7. The van der Waals surface area contributed by atoms with Crippen molar-refractivity contribution in [2.24, 2.45) is 5.92 Å². The highest BCUT2D eigenvalue weighted by atomic mass is 19.1. The molecule has 0 bridgehead atoms.